The van der Waals surface area contributed by atoms with Crippen molar-refractivity contribution < 1.29 is 14.3 Å². The number of unbranched alkanes of at least 4 members (excludes halogenated alkanes) is 2. The van der Waals surface area contributed by atoms with Gasteiger partial charge in [0.2, 0.25) is 0 Å². The molecule has 0 unspecified atom stereocenters. The summed E-state index contributed by atoms with van der Waals surface area (Å²) in [6.07, 6.45) is 4.46. The zero-order valence-electron chi connectivity index (χ0n) is 15.5. The second kappa shape index (κ2) is 10.4. The van der Waals surface area contributed by atoms with E-state index in [1.165, 1.54) is 12.8 Å². The second-order valence-corrected chi connectivity index (χ2v) is 6.47. The number of ether oxygens (including phenoxy) is 1. The molecular weight excluding hydrogens is 326 g/mol. The van der Waals surface area contributed by atoms with Crippen LogP contribution in [0.1, 0.15) is 55.5 Å². The van der Waals surface area contributed by atoms with Crippen LogP contribution in [0.5, 0.6) is 5.75 Å². The fourth-order valence-corrected chi connectivity index (χ4v) is 2.70. The number of hydrogen-bond donors (Lipinski definition) is 1. The fraction of sp³-hybridized carbons (Fsp3) is 0.364. The third-order valence-corrected chi connectivity index (χ3v) is 4.17. The Bertz CT molecular complexity index is 695. The van der Waals surface area contributed by atoms with E-state index in [4.69, 9.17) is 4.74 Å². The van der Waals surface area contributed by atoms with Crippen LogP contribution < -0.4 is 10.1 Å². The Morgan fingerprint density at radius 1 is 0.962 bits per heavy atom. The van der Waals surface area contributed by atoms with E-state index in [0.717, 1.165) is 12.8 Å². The van der Waals surface area contributed by atoms with Crippen LogP contribution in [-0.4, -0.2) is 24.3 Å². The molecule has 2 aromatic rings. The molecule has 0 saturated heterocycles. The first-order valence-corrected chi connectivity index (χ1v) is 9.22. The van der Waals surface area contributed by atoms with Gasteiger partial charge in [0.1, 0.15) is 5.75 Å². The van der Waals surface area contributed by atoms with Gasteiger partial charge in [0.25, 0.3) is 5.91 Å². The fourth-order valence-electron chi connectivity index (χ4n) is 2.70. The van der Waals surface area contributed by atoms with Crippen molar-refractivity contribution in [3.63, 3.8) is 0 Å². The van der Waals surface area contributed by atoms with Crippen molar-refractivity contribution in [1.29, 1.82) is 0 Å². The van der Waals surface area contributed by atoms with Gasteiger partial charge in [-0.05, 0) is 37.6 Å². The average Bonchev–Trinajstić information content (AvgIpc) is 2.67. The van der Waals surface area contributed by atoms with Gasteiger partial charge in [0.15, 0.2) is 12.4 Å². The maximum Gasteiger partial charge on any atom is 0.258 e. The highest BCUT2D eigenvalue weighted by Gasteiger charge is 2.10. The maximum atomic E-state index is 12.3. The number of benzene rings is 2. The second-order valence-electron chi connectivity index (χ2n) is 6.47. The van der Waals surface area contributed by atoms with Crippen LogP contribution in [0.2, 0.25) is 0 Å². The molecule has 0 aliphatic rings. The lowest BCUT2D eigenvalue weighted by molar-refractivity contribution is -0.123. The SMILES string of the molecule is CCCCC[C@@H](C)NC(=O)COc1ccc(C(=O)c2ccccc2)cc1. The number of hydrogen-bond acceptors (Lipinski definition) is 3. The number of amides is 1. The van der Waals surface area contributed by atoms with Crippen molar-refractivity contribution in [2.45, 2.75) is 45.6 Å². The molecule has 0 aliphatic carbocycles. The summed E-state index contributed by atoms with van der Waals surface area (Å²) >= 11 is 0. The van der Waals surface area contributed by atoms with Crippen LogP contribution in [0.4, 0.5) is 0 Å². The molecule has 1 N–H and O–H groups in total. The normalized spacial score (nSPS) is 11.6. The molecule has 1 amide bonds. The molecule has 2 aromatic carbocycles. The zero-order chi connectivity index (χ0) is 18.8. The molecule has 26 heavy (non-hydrogen) atoms. The Morgan fingerprint density at radius 3 is 2.27 bits per heavy atom. The molecule has 0 aromatic heterocycles. The van der Waals surface area contributed by atoms with E-state index in [1.807, 2.05) is 25.1 Å². The molecule has 0 radical (unpaired) electrons. The first kappa shape index (κ1) is 19.7. The highest BCUT2D eigenvalue weighted by atomic mass is 16.5. The number of rotatable bonds is 10. The first-order valence-electron chi connectivity index (χ1n) is 9.22. The number of carbonyl (C=O) groups excluding carboxylic acids is 2. The average molecular weight is 353 g/mol. The highest BCUT2D eigenvalue weighted by Crippen LogP contribution is 2.15. The molecular formula is C22H27NO3. The molecule has 0 heterocycles. The van der Waals surface area contributed by atoms with Crippen molar-refractivity contribution in [3.8, 4) is 5.75 Å². The van der Waals surface area contributed by atoms with Gasteiger partial charge in [-0.15, -0.1) is 0 Å². The van der Waals surface area contributed by atoms with E-state index in [0.29, 0.717) is 16.9 Å². The van der Waals surface area contributed by atoms with Crippen LogP contribution in [0.25, 0.3) is 0 Å². The summed E-state index contributed by atoms with van der Waals surface area (Å²) in [7, 11) is 0. The van der Waals surface area contributed by atoms with Crippen molar-refractivity contribution >= 4 is 11.7 Å². The van der Waals surface area contributed by atoms with Crippen molar-refractivity contribution in [1.82, 2.24) is 5.32 Å². The van der Waals surface area contributed by atoms with E-state index < -0.39 is 0 Å². The third-order valence-electron chi connectivity index (χ3n) is 4.17. The molecule has 0 spiro atoms. The summed E-state index contributed by atoms with van der Waals surface area (Å²) in [4.78, 5) is 24.3. The number of carbonyl (C=O) groups is 2. The number of nitrogens with one attached hydrogen (secondary N) is 1. The summed E-state index contributed by atoms with van der Waals surface area (Å²) in [6, 6.07) is 16.2. The lowest BCUT2D eigenvalue weighted by Gasteiger charge is -2.14. The molecule has 0 fully saturated rings. The molecule has 1 atom stereocenters. The summed E-state index contributed by atoms with van der Waals surface area (Å²) in [5, 5.41) is 2.94. The van der Waals surface area contributed by atoms with Crippen molar-refractivity contribution in [3.05, 3.63) is 65.7 Å². The lowest BCUT2D eigenvalue weighted by Crippen LogP contribution is -2.36. The van der Waals surface area contributed by atoms with Gasteiger partial charge in [-0.3, -0.25) is 9.59 Å². The van der Waals surface area contributed by atoms with Crippen molar-refractivity contribution in [2.24, 2.45) is 0 Å². The molecule has 0 aliphatic heterocycles. The topological polar surface area (TPSA) is 55.4 Å². The Hall–Kier alpha value is -2.62. The van der Waals surface area contributed by atoms with Crippen LogP contribution >= 0.6 is 0 Å². The Kier molecular flexibility index (Phi) is 7.87. The third kappa shape index (κ3) is 6.36. The van der Waals surface area contributed by atoms with Gasteiger partial charge in [0, 0.05) is 17.2 Å². The van der Waals surface area contributed by atoms with Gasteiger partial charge in [-0.2, -0.15) is 0 Å². The molecule has 138 valence electrons. The molecule has 4 nitrogen and oxygen atoms in total. The molecule has 0 saturated carbocycles. The van der Waals surface area contributed by atoms with Crippen LogP contribution in [0, 0.1) is 0 Å². The summed E-state index contributed by atoms with van der Waals surface area (Å²) in [6.45, 7) is 4.15. The van der Waals surface area contributed by atoms with Gasteiger partial charge in [0.05, 0.1) is 0 Å². The lowest BCUT2D eigenvalue weighted by atomic mass is 10.0. The van der Waals surface area contributed by atoms with E-state index in [1.54, 1.807) is 36.4 Å². The summed E-state index contributed by atoms with van der Waals surface area (Å²) in [5.41, 5.74) is 1.25. The zero-order valence-corrected chi connectivity index (χ0v) is 15.5. The predicted octanol–water partition coefficient (Wildman–Crippen LogP) is 4.38. The van der Waals surface area contributed by atoms with E-state index >= 15 is 0 Å². The monoisotopic (exact) mass is 353 g/mol. The smallest absolute Gasteiger partial charge is 0.258 e. The maximum absolute atomic E-state index is 12.3. The van der Waals surface area contributed by atoms with E-state index in [-0.39, 0.29) is 24.3 Å². The number of ketones is 1. The molecule has 2 rings (SSSR count). The summed E-state index contributed by atoms with van der Waals surface area (Å²) < 4.78 is 5.51. The predicted molar refractivity (Wildman–Crippen MR) is 104 cm³/mol. The van der Waals surface area contributed by atoms with Gasteiger partial charge >= 0.3 is 0 Å². The molecule has 4 heteroatoms. The Labute approximate surface area is 155 Å². The van der Waals surface area contributed by atoms with Crippen LogP contribution in [0.3, 0.4) is 0 Å². The van der Waals surface area contributed by atoms with Gasteiger partial charge in [-0.1, -0.05) is 56.5 Å². The largest absolute Gasteiger partial charge is 0.484 e. The van der Waals surface area contributed by atoms with Crippen molar-refractivity contribution in [2.75, 3.05) is 6.61 Å². The standard InChI is InChI=1S/C22H27NO3/c1-3-4-6-9-17(2)23-21(24)16-26-20-14-12-19(13-15-20)22(25)18-10-7-5-8-11-18/h5,7-8,10-15,17H,3-4,6,9,16H2,1-2H3,(H,23,24)/t17-/m1/s1. The minimum absolute atomic E-state index is 0.0237. The first-order chi connectivity index (χ1) is 12.6. The van der Waals surface area contributed by atoms with E-state index in [9.17, 15) is 9.59 Å². The van der Waals surface area contributed by atoms with Gasteiger partial charge < -0.3 is 10.1 Å². The van der Waals surface area contributed by atoms with Crippen LogP contribution in [-0.2, 0) is 4.79 Å². The Morgan fingerprint density at radius 2 is 1.62 bits per heavy atom. The quantitative estimate of drug-likeness (QED) is 0.509. The summed E-state index contributed by atoms with van der Waals surface area (Å²) in [5.74, 6) is 0.414. The van der Waals surface area contributed by atoms with Crippen LogP contribution in [0.15, 0.2) is 54.6 Å². The van der Waals surface area contributed by atoms with E-state index in [2.05, 4.69) is 12.2 Å². The minimum atomic E-state index is -0.126. The minimum Gasteiger partial charge on any atom is -0.484 e. The van der Waals surface area contributed by atoms with Gasteiger partial charge in [-0.25, -0.2) is 0 Å². The highest BCUT2D eigenvalue weighted by molar-refractivity contribution is 6.08. The Balaban J connectivity index is 1.80. The molecule has 0 bridgehead atoms.